The van der Waals surface area contributed by atoms with Gasteiger partial charge in [-0.05, 0) is 59.0 Å². The number of benzene rings is 3. The van der Waals surface area contributed by atoms with Crippen LogP contribution >= 0.6 is 0 Å². The fraction of sp³-hybridized carbons (Fsp3) is 0.231. The number of nitrogens with one attached hydrogen (secondary N) is 2. The van der Waals surface area contributed by atoms with Crippen LogP contribution in [-0.2, 0) is 11.0 Å². The summed E-state index contributed by atoms with van der Waals surface area (Å²) < 4.78 is 79.8. The molecule has 10 heteroatoms. The maximum Gasteiger partial charge on any atom is 0.416 e. The molecule has 2 N–H and O–H groups in total. The van der Waals surface area contributed by atoms with Gasteiger partial charge in [0, 0.05) is 17.7 Å². The average Bonchev–Trinajstić information content (AvgIpc) is 3.63. The fourth-order valence-corrected chi connectivity index (χ4v) is 3.76. The summed E-state index contributed by atoms with van der Waals surface area (Å²) in [5, 5.41) is 5.86. The van der Waals surface area contributed by atoms with E-state index in [1.165, 1.54) is 6.08 Å². The van der Waals surface area contributed by atoms with Crippen molar-refractivity contribution in [3.8, 4) is 0 Å². The third kappa shape index (κ3) is 5.87. The number of hydrogen-bond donors (Lipinski definition) is 2. The van der Waals surface area contributed by atoms with Crippen LogP contribution in [0, 0.1) is 0 Å². The first-order valence-corrected chi connectivity index (χ1v) is 11.0. The number of carbonyl (C=O) groups is 2. The lowest BCUT2D eigenvalue weighted by molar-refractivity contribution is -0.162. The van der Waals surface area contributed by atoms with Crippen molar-refractivity contribution in [2.45, 2.75) is 37.3 Å². The van der Waals surface area contributed by atoms with Crippen molar-refractivity contribution in [2.75, 3.05) is 0 Å². The van der Waals surface area contributed by atoms with E-state index in [0.29, 0.717) is 34.0 Å². The Bertz CT molecular complexity index is 1330. The van der Waals surface area contributed by atoms with Crippen LogP contribution < -0.4 is 10.6 Å². The van der Waals surface area contributed by atoms with Crippen LogP contribution in [0.5, 0.6) is 0 Å². The van der Waals surface area contributed by atoms with Crippen molar-refractivity contribution in [2.24, 2.45) is 0 Å². The molecule has 188 valence electrons. The molecule has 0 heterocycles. The lowest BCUT2D eigenvalue weighted by Gasteiger charge is -2.22. The predicted molar refractivity (Wildman–Crippen MR) is 122 cm³/mol. The molecule has 1 aliphatic rings. The van der Waals surface area contributed by atoms with Gasteiger partial charge in [0.1, 0.15) is 0 Å². The topological polar surface area (TPSA) is 58.2 Å². The molecular weight excluding hydrogens is 486 g/mol. The quantitative estimate of drug-likeness (QED) is 0.310. The number of fused-ring (bicyclic) bond motifs is 1. The van der Waals surface area contributed by atoms with Gasteiger partial charge in [0.25, 0.3) is 5.91 Å². The summed E-state index contributed by atoms with van der Waals surface area (Å²) in [5.74, 6) is -1.38. The van der Waals surface area contributed by atoms with Gasteiger partial charge in [0.15, 0.2) is 6.04 Å². The Labute approximate surface area is 202 Å². The van der Waals surface area contributed by atoms with Gasteiger partial charge in [0.05, 0.1) is 5.56 Å². The second kappa shape index (κ2) is 9.67. The van der Waals surface area contributed by atoms with Crippen LogP contribution in [0.1, 0.15) is 45.9 Å². The highest BCUT2D eigenvalue weighted by molar-refractivity contribution is 6.09. The molecule has 1 saturated carbocycles. The number of carbonyl (C=O) groups excluding carboxylic acids is 2. The van der Waals surface area contributed by atoms with E-state index >= 15 is 0 Å². The lowest BCUT2D eigenvalue weighted by atomic mass is 9.98. The highest BCUT2D eigenvalue weighted by atomic mass is 19.4. The van der Waals surface area contributed by atoms with Crippen molar-refractivity contribution in [1.29, 1.82) is 0 Å². The average molecular weight is 506 g/mol. The van der Waals surface area contributed by atoms with E-state index in [1.54, 1.807) is 41.7 Å². The Morgan fingerprint density at radius 3 is 2.22 bits per heavy atom. The van der Waals surface area contributed by atoms with Crippen LogP contribution in [0.4, 0.5) is 26.3 Å². The second-order valence-corrected chi connectivity index (χ2v) is 8.44. The van der Waals surface area contributed by atoms with E-state index in [2.05, 4.69) is 5.32 Å². The molecule has 0 saturated heterocycles. The molecule has 0 aliphatic heterocycles. The van der Waals surface area contributed by atoms with E-state index in [0.717, 1.165) is 31.1 Å². The molecule has 4 nitrogen and oxygen atoms in total. The fourth-order valence-electron chi connectivity index (χ4n) is 3.76. The summed E-state index contributed by atoms with van der Waals surface area (Å²) in [6, 6.07) is 10.3. The largest absolute Gasteiger partial charge is 0.416 e. The van der Waals surface area contributed by atoms with E-state index < -0.39 is 35.4 Å². The van der Waals surface area contributed by atoms with Crippen molar-refractivity contribution < 1.29 is 35.9 Å². The standard InChI is InChI=1S/C26H20F6N2O2/c27-25(28,29)17-5-3-4-16(14-17)23(26(30,31)32)34-22(35)13-9-15-8-12-21(24(36)33-18-10-11-18)20-7-2-1-6-19(15)20/h1-9,12-14,18,23H,10-11H2,(H,33,36)(H,34,35)/b13-9+. The van der Waals surface area contributed by atoms with Crippen molar-refractivity contribution in [3.05, 3.63) is 89.0 Å². The molecule has 1 atom stereocenters. The number of amides is 2. The van der Waals surface area contributed by atoms with Gasteiger partial charge in [0.2, 0.25) is 5.91 Å². The number of hydrogen-bond acceptors (Lipinski definition) is 2. The predicted octanol–water partition coefficient (Wildman–Crippen LogP) is 6.18. The van der Waals surface area contributed by atoms with Crippen LogP contribution in [-0.4, -0.2) is 24.0 Å². The second-order valence-electron chi connectivity index (χ2n) is 8.44. The zero-order valence-electron chi connectivity index (χ0n) is 18.6. The molecule has 1 aliphatic carbocycles. The molecule has 36 heavy (non-hydrogen) atoms. The Balaban J connectivity index is 1.58. The van der Waals surface area contributed by atoms with E-state index in [-0.39, 0.29) is 11.9 Å². The zero-order valence-corrected chi connectivity index (χ0v) is 18.6. The normalized spacial score (nSPS) is 15.2. The molecule has 0 bridgehead atoms. The SMILES string of the molecule is O=C(/C=C/c1ccc(C(=O)NC2CC2)c2ccccc12)NC(c1cccc(C(F)(F)F)c1)C(F)(F)F. The number of rotatable bonds is 6. The summed E-state index contributed by atoms with van der Waals surface area (Å²) in [7, 11) is 0. The van der Waals surface area contributed by atoms with Crippen LogP contribution in [0.2, 0.25) is 0 Å². The van der Waals surface area contributed by atoms with Gasteiger partial charge in [-0.3, -0.25) is 9.59 Å². The monoisotopic (exact) mass is 506 g/mol. The molecule has 0 radical (unpaired) electrons. The Morgan fingerprint density at radius 2 is 1.58 bits per heavy atom. The smallest absolute Gasteiger partial charge is 0.349 e. The minimum absolute atomic E-state index is 0.151. The zero-order chi connectivity index (χ0) is 26.1. The van der Waals surface area contributed by atoms with Crippen LogP contribution in [0.3, 0.4) is 0 Å². The molecule has 0 spiro atoms. The summed E-state index contributed by atoms with van der Waals surface area (Å²) in [4.78, 5) is 24.9. The maximum absolute atomic E-state index is 13.6. The Morgan fingerprint density at radius 1 is 0.889 bits per heavy atom. The third-order valence-electron chi connectivity index (χ3n) is 5.69. The summed E-state index contributed by atoms with van der Waals surface area (Å²) in [6.07, 6.45) is -5.87. The summed E-state index contributed by atoms with van der Waals surface area (Å²) >= 11 is 0. The van der Waals surface area contributed by atoms with E-state index in [9.17, 15) is 35.9 Å². The van der Waals surface area contributed by atoms with E-state index in [4.69, 9.17) is 0 Å². The van der Waals surface area contributed by atoms with Crippen LogP contribution in [0.25, 0.3) is 16.8 Å². The molecule has 3 aromatic rings. The molecule has 0 aromatic heterocycles. The first-order valence-electron chi connectivity index (χ1n) is 11.0. The number of halogens is 6. The van der Waals surface area contributed by atoms with Gasteiger partial charge in [-0.15, -0.1) is 0 Å². The molecule has 1 unspecified atom stereocenters. The highest BCUT2D eigenvalue weighted by Crippen LogP contribution is 2.36. The highest BCUT2D eigenvalue weighted by Gasteiger charge is 2.42. The third-order valence-corrected chi connectivity index (χ3v) is 5.69. The van der Waals surface area contributed by atoms with Gasteiger partial charge in [-0.25, -0.2) is 0 Å². The summed E-state index contributed by atoms with van der Waals surface area (Å²) in [6.45, 7) is 0. The molecule has 2 amide bonds. The van der Waals surface area contributed by atoms with Gasteiger partial charge in [-0.1, -0.05) is 42.5 Å². The molecule has 1 fully saturated rings. The molecule has 3 aromatic carbocycles. The molecular formula is C26H20F6N2O2. The van der Waals surface area contributed by atoms with Crippen molar-refractivity contribution in [1.82, 2.24) is 10.6 Å². The van der Waals surface area contributed by atoms with E-state index in [1.807, 2.05) is 0 Å². The maximum atomic E-state index is 13.6. The molecule has 4 rings (SSSR count). The first-order chi connectivity index (χ1) is 16.9. The van der Waals surface area contributed by atoms with Gasteiger partial charge < -0.3 is 10.6 Å². The van der Waals surface area contributed by atoms with Gasteiger partial charge >= 0.3 is 12.4 Å². The first kappa shape index (κ1) is 25.3. The Hall–Kier alpha value is -3.82. The lowest BCUT2D eigenvalue weighted by Crippen LogP contribution is -2.37. The minimum atomic E-state index is -5.03. The van der Waals surface area contributed by atoms with Gasteiger partial charge in [-0.2, -0.15) is 26.3 Å². The summed E-state index contributed by atoms with van der Waals surface area (Å²) in [5.41, 5.74) is -1.08. The minimum Gasteiger partial charge on any atom is -0.349 e. The number of alkyl halides is 6. The Kier molecular flexibility index (Phi) is 6.79. The van der Waals surface area contributed by atoms with Crippen molar-refractivity contribution in [3.63, 3.8) is 0 Å². The van der Waals surface area contributed by atoms with Crippen LogP contribution in [0.15, 0.2) is 66.7 Å². The van der Waals surface area contributed by atoms with Crippen molar-refractivity contribution >= 4 is 28.7 Å².